The first-order chi connectivity index (χ1) is 13.7. The van der Waals surface area contributed by atoms with Crippen LogP contribution in [0.5, 0.6) is 11.5 Å². The van der Waals surface area contributed by atoms with Gasteiger partial charge in [-0.2, -0.15) is 4.57 Å². The molecule has 0 spiro atoms. The average Bonchev–Trinajstić information content (AvgIpc) is 2.69. The second kappa shape index (κ2) is 10.4. The molecule has 0 bridgehead atoms. The predicted octanol–water partition coefficient (Wildman–Crippen LogP) is -0.474. The quantitative estimate of drug-likeness (QED) is 0.496. The topological polar surface area (TPSA) is 115 Å². The highest BCUT2D eigenvalue weighted by atomic mass is 35.7. The number of halogens is 2. The lowest BCUT2D eigenvalue weighted by atomic mass is 9.98. The molecule has 3 rings (SSSR count). The number of hydrogen-bond donors (Lipinski definition) is 0. The number of hydrogen-bond acceptors (Lipinski definition) is 6. The van der Waals surface area contributed by atoms with Crippen LogP contribution in [-0.4, -0.2) is 14.2 Å². The molecular weight excluding hydrogens is 421 g/mol. The highest BCUT2D eigenvalue weighted by molar-refractivity contribution is 6.30. The lowest BCUT2D eigenvalue weighted by Crippen LogP contribution is -2.68. The van der Waals surface area contributed by atoms with Crippen LogP contribution in [0, 0.1) is 10.2 Å². The number of benzene rings is 2. The van der Waals surface area contributed by atoms with E-state index in [1.807, 2.05) is 48.8 Å². The van der Waals surface area contributed by atoms with Gasteiger partial charge in [-0.1, -0.05) is 11.6 Å². The maximum atomic E-state index is 8.49. The second-order valence-corrected chi connectivity index (χ2v) is 6.98. The Hall–Kier alpha value is -2.39. The zero-order valence-electron chi connectivity index (χ0n) is 15.7. The van der Waals surface area contributed by atoms with Crippen LogP contribution in [0.15, 0.2) is 73.1 Å². The number of nitrogens with zero attached hydrogens (tertiary/aromatic N) is 1. The Bertz CT molecular complexity index is 827. The molecule has 0 amide bonds. The van der Waals surface area contributed by atoms with E-state index in [1.54, 1.807) is 14.2 Å². The number of ether oxygens (including phenoxy) is 2. The molecule has 0 atom stereocenters. The van der Waals surface area contributed by atoms with Crippen LogP contribution < -0.4 is 32.7 Å². The molecule has 29 heavy (non-hydrogen) atoms. The van der Waals surface area contributed by atoms with E-state index >= 15 is 0 Å². The van der Waals surface area contributed by atoms with E-state index in [2.05, 4.69) is 28.8 Å². The number of methoxy groups -OCH3 is 2. The maximum absolute atomic E-state index is 8.49. The van der Waals surface area contributed by atoms with Crippen molar-refractivity contribution >= 4 is 11.6 Å². The van der Waals surface area contributed by atoms with Crippen molar-refractivity contribution in [3.8, 4) is 11.5 Å². The smallest absolute Gasteiger partial charge is 0.208 e. The van der Waals surface area contributed by atoms with Gasteiger partial charge in [0.1, 0.15) is 11.5 Å². The van der Waals surface area contributed by atoms with Gasteiger partial charge in [0.15, 0.2) is 12.4 Å². The molecule has 0 unspecified atom stereocenters. The summed E-state index contributed by atoms with van der Waals surface area (Å²) in [4.78, 5) is 0. The Morgan fingerprint density at radius 2 is 1.07 bits per heavy atom. The first-order valence-electron chi connectivity index (χ1n) is 8.27. The molecule has 0 aliphatic carbocycles. The highest BCUT2D eigenvalue weighted by Crippen LogP contribution is 2.25. The van der Waals surface area contributed by atoms with Gasteiger partial charge in [-0.3, -0.25) is 0 Å². The molecule has 154 valence electrons. The van der Waals surface area contributed by atoms with Crippen LogP contribution in [0.1, 0.15) is 17.2 Å². The largest absolute Gasteiger partial charge is 0.497 e. The first-order valence-corrected chi connectivity index (χ1v) is 9.88. The molecule has 3 aromatic rings. The van der Waals surface area contributed by atoms with Crippen molar-refractivity contribution in [2.45, 2.75) is 6.04 Å². The van der Waals surface area contributed by atoms with Gasteiger partial charge in [0.05, 0.1) is 19.2 Å². The molecule has 0 radical (unpaired) electrons. The van der Waals surface area contributed by atoms with Crippen molar-refractivity contribution in [1.82, 2.24) is 0 Å². The third-order valence-corrected chi connectivity index (χ3v) is 4.22. The van der Waals surface area contributed by atoms with Gasteiger partial charge in [0.25, 0.3) is 0 Å². The van der Waals surface area contributed by atoms with Crippen LogP contribution in [0.2, 0.25) is 5.02 Å². The van der Waals surface area contributed by atoms with Crippen molar-refractivity contribution in [3.05, 3.63) is 89.2 Å². The van der Waals surface area contributed by atoms with E-state index < -0.39 is 10.2 Å². The normalized spacial score (nSPS) is 10.9. The molecule has 0 saturated carbocycles. The van der Waals surface area contributed by atoms with E-state index in [1.165, 1.54) is 0 Å². The van der Waals surface area contributed by atoms with Crippen LogP contribution in [0.3, 0.4) is 0 Å². The Kier molecular flexibility index (Phi) is 8.21. The molecule has 0 saturated heterocycles. The summed E-state index contributed by atoms with van der Waals surface area (Å²) in [6, 6.07) is 20.0. The lowest BCUT2D eigenvalue weighted by molar-refractivity contribution is -2.00. The Balaban J connectivity index is 0.000000537. The molecule has 0 aliphatic rings. The Labute approximate surface area is 175 Å². The Morgan fingerprint density at radius 3 is 1.38 bits per heavy atom. The molecule has 1 aromatic heterocycles. The van der Waals surface area contributed by atoms with E-state index in [4.69, 9.17) is 39.7 Å². The minimum absolute atomic E-state index is 0.0408. The van der Waals surface area contributed by atoms with Crippen LogP contribution in [0.4, 0.5) is 0 Å². The van der Waals surface area contributed by atoms with Crippen LogP contribution in [0.25, 0.3) is 0 Å². The monoisotopic (exact) mass is 439 g/mol. The predicted molar refractivity (Wildman–Crippen MR) is 94.9 cm³/mol. The maximum Gasteiger partial charge on any atom is 0.208 e. The molecule has 0 N–H and O–H groups in total. The minimum Gasteiger partial charge on any atom is -0.497 e. The van der Waals surface area contributed by atoms with Crippen molar-refractivity contribution < 1.29 is 42.9 Å². The second-order valence-electron chi connectivity index (χ2n) is 5.79. The SMILES string of the molecule is COc1ccc(C(c2ccc(OC)cc2)[n+]2ccc(Cl)cc2)cc1.[O-][Cl+3]([O-])([O-])[O-]. The van der Waals surface area contributed by atoms with Gasteiger partial charge in [0, 0.05) is 23.3 Å². The van der Waals surface area contributed by atoms with E-state index in [-0.39, 0.29) is 6.04 Å². The Morgan fingerprint density at radius 1 is 0.724 bits per heavy atom. The summed E-state index contributed by atoms with van der Waals surface area (Å²) in [6.07, 6.45) is 3.98. The third kappa shape index (κ3) is 7.51. The zero-order chi connectivity index (χ0) is 21.4. The average molecular weight is 440 g/mol. The fourth-order valence-electron chi connectivity index (χ4n) is 2.70. The zero-order valence-corrected chi connectivity index (χ0v) is 17.2. The van der Waals surface area contributed by atoms with Gasteiger partial charge in [-0.05, 0) is 48.5 Å². The minimum atomic E-state index is -4.94. The van der Waals surface area contributed by atoms with E-state index in [0.29, 0.717) is 0 Å². The molecule has 1 heterocycles. The highest BCUT2D eigenvalue weighted by Gasteiger charge is 2.23. The van der Waals surface area contributed by atoms with Crippen molar-refractivity contribution in [3.63, 3.8) is 0 Å². The summed E-state index contributed by atoms with van der Waals surface area (Å²) in [7, 11) is -1.60. The molecule has 0 aliphatic heterocycles. The lowest BCUT2D eigenvalue weighted by Gasteiger charge is -2.17. The fourth-order valence-corrected chi connectivity index (χ4v) is 2.81. The van der Waals surface area contributed by atoms with Crippen LogP contribution >= 0.6 is 11.6 Å². The summed E-state index contributed by atoms with van der Waals surface area (Å²) in [5, 5.41) is 0.717. The van der Waals surface area contributed by atoms with Gasteiger partial charge in [0.2, 0.25) is 6.04 Å². The van der Waals surface area contributed by atoms with Crippen molar-refractivity contribution in [1.29, 1.82) is 0 Å². The van der Waals surface area contributed by atoms with Gasteiger partial charge in [-0.15, -0.1) is 10.2 Å². The molecule has 7 nitrogen and oxygen atoms in total. The summed E-state index contributed by atoms with van der Waals surface area (Å²) in [6.45, 7) is 0. The third-order valence-electron chi connectivity index (χ3n) is 3.97. The number of aromatic nitrogens is 1. The molecule has 2 aromatic carbocycles. The summed E-state index contributed by atoms with van der Waals surface area (Å²) in [5.41, 5.74) is 2.32. The fraction of sp³-hybridized carbons (Fsp3) is 0.150. The van der Waals surface area contributed by atoms with Gasteiger partial charge in [-0.25, -0.2) is 18.6 Å². The summed E-state index contributed by atoms with van der Waals surface area (Å²) in [5.74, 6) is 1.68. The van der Waals surface area contributed by atoms with Crippen LogP contribution in [-0.2, 0) is 0 Å². The standard InChI is InChI=1S/C20H19ClNO2.ClHO4/c1-23-18-7-3-15(4-8-18)20(22-13-11-17(21)12-14-22)16-5-9-19(24-2)10-6-16;2-1(3,4)5/h3-14,20H,1-2H3;(H,2,3,4,5)/q+1;/p-1. The number of pyridine rings is 1. The van der Waals surface area contributed by atoms with E-state index in [0.717, 1.165) is 27.6 Å². The summed E-state index contributed by atoms with van der Waals surface area (Å²) < 4.78 is 46.6. The molecular formula is C20H19Cl2NO6. The van der Waals surface area contributed by atoms with Gasteiger partial charge >= 0.3 is 0 Å². The van der Waals surface area contributed by atoms with Gasteiger partial charge < -0.3 is 9.47 Å². The van der Waals surface area contributed by atoms with Crippen molar-refractivity contribution in [2.24, 2.45) is 0 Å². The number of rotatable bonds is 5. The molecule has 0 fully saturated rings. The summed E-state index contributed by atoms with van der Waals surface area (Å²) >= 11 is 6.04. The van der Waals surface area contributed by atoms with Crippen molar-refractivity contribution in [2.75, 3.05) is 14.2 Å². The first kappa shape index (κ1) is 22.9. The molecule has 9 heteroatoms. The van der Waals surface area contributed by atoms with E-state index in [9.17, 15) is 0 Å².